The van der Waals surface area contributed by atoms with Crippen LogP contribution in [0.4, 0.5) is 11.5 Å². The minimum atomic E-state index is -0.629. The summed E-state index contributed by atoms with van der Waals surface area (Å²) < 4.78 is 3.24. The highest BCUT2D eigenvalue weighted by molar-refractivity contribution is 6.07. The van der Waals surface area contributed by atoms with Gasteiger partial charge in [-0.15, -0.1) is 0 Å². The van der Waals surface area contributed by atoms with Crippen LogP contribution < -0.4 is 15.9 Å². The Hall–Kier alpha value is -4.79. The molecule has 2 aliphatic heterocycles. The largest absolute Gasteiger partial charge is 0.330 e. The number of hydrogen-bond acceptors (Lipinski definition) is 5. The molecule has 1 spiro atoms. The first kappa shape index (κ1) is 21.3. The average molecular weight is 503 g/mol. The van der Waals surface area contributed by atoms with Crippen LogP contribution in [0.25, 0.3) is 21.9 Å². The Morgan fingerprint density at radius 2 is 1.84 bits per heavy atom. The molecule has 0 saturated carbocycles. The molecule has 0 fully saturated rings. The first-order valence-corrected chi connectivity index (χ1v) is 12.6. The maximum atomic E-state index is 13.3. The Labute approximate surface area is 216 Å². The first-order valence-electron chi connectivity index (χ1n) is 12.6. The number of carbonyl (C=O) groups excluding carboxylic acids is 2. The molecule has 0 saturated heterocycles. The van der Waals surface area contributed by atoms with Gasteiger partial charge in [0.2, 0.25) is 11.8 Å². The predicted octanol–water partition coefficient (Wildman–Crippen LogP) is 2.76. The molecule has 9 heteroatoms. The number of amides is 2. The Balaban J connectivity index is 1.19. The van der Waals surface area contributed by atoms with Gasteiger partial charge >= 0.3 is 5.69 Å². The lowest BCUT2D eigenvalue weighted by Gasteiger charge is -2.23. The molecule has 1 N–H and O–H groups in total. The fourth-order valence-corrected chi connectivity index (χ4v) is 6.49. The molecule has 186 valence electrons. The van der Waals surface area contributed by atoms with Crippen molar-refractivity contribution in [2.24, 2.45) is 0 Å². The summed E-state index contributed by atoms with van der Waals surface area (Å²) in [5, 5.41) is 3.96. The van der Waals surface area contributed by atoms with Gasteiger partial charge in [0.05, 0.1) is 39.9 Å². The van der Waals surface area contributed by atoms with Crippen LogP contribution in [0.3, 0.4) is 0 Å². The minimum absolute atomic E-state index is 0.00303. The quantitative estimate of drug-likeness (QED) is 0.400. The molecule has 1 atom stereocenters. The van der Waals surface area contributed by atoms with E-state index < -0.39 is 5.41 Å². The van der Waals surface area contributed by atoms with Crippen molar-refractivity contribution in [2.45, 2.75) is 31.3 Å². The van der Waals surface area contributed by atoms with Gasteiger partial charge in [-0.2, -0.15) is 0 Å². The van der Waals surface area contributed by atoms with Gasteiger partial charge in [-0.25, -0.2) is 9.78 Å². The van der Waals surface area contributed by atoms with Gasteiger partial charge in [-0.3, -0.25) is 23.7 Å². The van der Waals surface area contributed by atoms with Crippen LogP contribution >= 0.6 is 0 Å². The molecule has 8 rings (SSSR count). The molecule has 0 bridgehead atoms. The number of fused-ring (bicyclic) bond motifs is 4. The monoisotopic (exact) mass is 502 g/mol. The topological polar surface area (TPSA) is 102 Å². The zero-order chi connectivity index (χ0) is 25.8. The minimum Gasteiger partial charge on any atom is -0.312 e. The normalized spacial score (nSPS) is 19.4. The molecule has 3 aromatic heterocycles. The van der Waals surface area contributed by atoms with E-state index in [-0.39, 0.29) is 24.0 Å². The number of nitrogens with zero attached hydrogens (tertiary/aromatic N) is 5. The van der Waals surface area contributed by atoms with Crippen molar-refractivity contribution in [3.8, 4) is 0 Å². The number of carbonyl (C=O) groups is 2. The number of aromatic nitrogens is 4. The van der Waals surface area contributed by atoms with E-state index in [2.05, 4.69) is 22.4 Å². The summed E-state index contributed by atoms with van der Waals surface area (Å²) in [5.41, 5.74) is 6.24. The summed E-state index contributed by atoms with van der Waals surface area (Å²) >= 11 is 0. The van der Waals surface area contributed by atoms with E-state index in [1.807, 2.05) is 42.5 Å². The van der Waals surface area contributed by atoms with Gasteiger partial charge in [0.15, 0.2) is 0 Å². The molecule has 5 aromatic rings. The molecule has 38 heavy (non-hydrogen) atoms. The fraction of sp³-hybridized carbons (Fsp3) is 0.207. The Morgan fingerprint density at radius 3 is 2.71 bits per heavy atom. The van der Waals surface area contributed by atoms with Gasteiger partial charge in [0, 0.05) is 24.2 Å². The Kier molecular flexibility index (Phi) is 4.01. The fourth-order valence-electron chi connectivity index (χ4n) is 6.49. The number of imidazole rings is 1. The summed E-state index contributed by atoms with van der Waals surface area (Å²) in [7, 11) is 1.74. The number of likely N-dealkylation sites (N-methyl/N-ethyl adjacent to an activating group) is 1. The van der Waals surface area contributed by atoms with Crippen molar-refractivity contribution in [1.82, 2.24) is 19.1 Å². The highest BCUT2D eigenvalue weighted by Crippen LogP contribution is 2.47. The molecule has 1 unspecified atom stereocenters. The number of rotatable bonds is 2. The van der Waals surface area contributed by atoms with E-state index in [0.717, 1.165) is 50.0 Å². The second-order valence-corrected chi connectivity index (χ2v) is 10.5. The van der Waals surface area contributed by atoms with Crippen LogP contribution in [0.5, 0.6) is 0 Å². The average Bonchev–Trinajstić information content (AvgIpc) is 3.52. The van der Waals surface area contributed by atoms with Crippen LogP contribution in [0.2, 0.25) is 0 Å². The molecular formula is C29H22N6O3. The zero-order valence-corrected chi connectivity index (χ0v) is 20.6. The standard InChI is InChI=1S/C29H22N6O3/c1-33-22-5-2-6-23-25(22)35(15-24(33)36)28(38)34(23)14-19-8-7-16-10-17-12-29(13-18(17)11-21(16)31-19)20-4-3-9-30-26(20)32-27(29)37/h2-11H,12-15H2,1H3,(H,30,32,37). The molecule has 9 nitrogen and oxygen atoms in total. The number of hydrogen-bond donors (Lipinski definition) is 1. The number of nitrogens with one attached hydrogen (secondary N) is 1. The van der Waals surface area contributed by atoms with Crippen molar-refractivity contribution in [3.63, 3.8) is 0 Å². The summed E-state index contributed by atoms with van der Waals surface area (Å²) in [5.74, 6) is 0.534. The Bertz CT molecular complexity index is 1950. The molecule has 2 aromatic carbocycles. The highest BCUT2D eigenvalue weighted by Gasteiger charge is 2.51. The SMILES string of the molecule is CN1C(=O)Cn2c(=O)n(Cc3ccc4cc5c(cc4n3)CC3(C5)C(=O)Nc4ncccc43)c3cccc1c32. The van der Waals surface area contributed by atoms with Gasteiger partial charge in [0.1, 0.15) is 12.4 Å². The van der Waals surface area contributed by atoms with E-state index in [0.29, 0.717) is 25.2 Å². The van der Waals surface area contributed by atoms with Gasteiger partial charge < -0.3 is 10.2 Å². The molecule has 3 aliphatic rings. The number of anilines is 2. The van der Waals surface area contributed by atoms with Crippen LogP contribution in [0, 0.1) is 0 Å². The van der Waals surface area contributed by atoms with Crippen molar-refractivity contribution in [2.75, 3.05) is 17.3 Å². The van der Waals surface area contributed by atoms with E-state index in [1.54, 1.807) is 27.3 Å². The van der Waals surface area contributed by atoms with E-state index >= 15 is 0 Å². The van der Waals surface area contributed by atoms with Gasteiger partial charge in [0.25, 0.3) is 0 Å². The first-order chi connectivity index (χ1) is 18.4. The van der Waals surface area contributed by atoms with Crippen molar-refractivity contribution >= 4 is 45.3 Å². The lowest BCUT2D eigenvalue weighted by Crippen LogP contribution is -2.37. The molecule has 2 amide bonds. The van der Waals surface area contributed by atoms with Gasteiger partial charge in [-0.05, 0) is 60.4 Å². The molecular weight excluding hydrogens is 480 g/mol. The molecule has 1 aliphatic carbocycles. The summed E-state index contributed by atoms with van der Waals surface area (Å²) in [6.07, 6.45) is 2.94. The lowest BCUT2D eigenvalue weighted by atomic mass is 9.79. The molecule has 5 heterocycles. The number of para-hydroxylation sites is 1. The summed E-state index contributed by atoms with van der Waals surface area (Å²) in [4.78, 5) is 49.8. The third-order valence-corrected chi connectivity index (χ3v) is 8.41. The van der Waals surface area contributed by atoms with Crippen LogP contribution in [0.1, 0.15) is 22.4 Å². The number of benzene rings is 2. The van der Waals surface area contributed by atoms with Crippen LogP contribution in [-0.4, -0.2) is 38.0 Å². The highest BCUT2D eigenvalue weighted by atomic mass is 16.2. The van der Waals surface area contributed by atoms with E-state index in [1.165, 1.54) is 0 Å². The van der Waals surface area contributed by atoms with Crippen molar-refractivity contribution in [3.05, 3.63) is 93.7 Å². The van der Waals surface area contributed by atoms with E-state index in [4.69, 9.17) is 4.98 Å². The zero-order valence-electron chi connectivity index (χ0n) is 20.6. The smallest absolute Gasteiger partial charge is 0.312 e. The maximum absolute atomic E-state index is 13.3. The van der Waals surface area contributed by atoms with E-state index in [9.17, 15) is 14.4 Å². The van der Waals surface area contributed by atoms with Crippen molar-refractivity contribution in [1.29, 1.82) is 0 Å². The summed E-state index contributed by atoms with van der Waals surface area (Å²) in [6.45, 7) is 0.323. The molecule has 0 radical (unpaired) electrons. The second-order valence-electron chi connectivity index (χ2n) is 10.5. The van der Waals surface area contributed by atoms with Crippen molar-refractivity contribution < 1.29 is 9.59 Å². The maximum Gasteiger partial charge on any atom is 0.330 e. The lowest BCUT2D eigenvalue weighted by molar-refractivity contribution is -0.120. The number of pyridine rings is 2. The third kappa shape index (κ3) is 2.67. The summed E-state index contributed by atoms with van der Waals surface area (Å²) in [6, 6.07) is 17.7. The predicted molar refractivity (Wildman–Crippen MR) is 142 cm³/mol. The Morgan fingerprint density at radius 1 is 1.00 bits per heavy atom. The second kappa shape index (κ2) is 7.16. The van der Waals surface area contributed by atoms with Crippen LogP contribution in [0.15, 0.2) is 65.6 Å². The van der Waals surface area contributed by atoms with Gasteiger partial charge in [-0.1, -0.05) is 18.2 Å². The third-order valence-electron chi connectivity index (χ3n) is 8.41. The van der Waals surface area contributed by atoms with Crippen LogP contribution in [-0.2, 0) is 40.9 Å².